The van der Waals surface area contributed by atoms with Gasteiger partial charge in [0.05, 0.1) is 12.3 Å². The number of nitrogens with one attached hydrogen (secondary N) is 1. The molecular formula is C18H29NO. The van der Waals surface area contributed by atoms with Gasteiger partial charge in [0, 0.05) is 6.04 Å². The summed E-state index contributed by atoms with van der Waals surface area (Å²) < 4.78 is 5.92. The summed E-state index contributed by atoms with van der Waals surface area (Å²) in [6.07, 6.45) is 6.64. The van der Waals surface area contributed by atoms with Crippen molar-refractivity contribution in [3.63, 3.8) is 0 Å². The predicted molar refractivity (Wildman–Crippen MR) is 86.4 cm³/mol. The maximum absolute atomic E-state index is 5.92. The first-order valence-corrected chi connectivity index (χ1v) is 8.17. The van der Waals surface area contributed by atoms with Crippen LogP contribution in [-0.4, -0.2) is 12.6 Å². The molecule has 1 fully saturated rings. The first-order valence-electron chi connectivity index (χ1n) is 8.17. The standard InChI is InChI=1S/C18H29NO/c1-4-15-9-11-16(12-10-15)19-17-7-5-6-8-18(17)20-13-14(2)3/h5-8,14-16,19H,4,9-13H2,1-3H3. The third-order valence-corrected chi connectivity index (χ3v) is 4.24. The van der Waals surface area contributed by atoms with Crippen molar-refractivity contribution in [1.82, 2.24) is 0 Å². The maximum atomic E-state index is 5.92. The summed E-state index contributed by atoms with van der Waals surface area (Å²) in [5.41, 5.74) is 1.16. The van der Waals surface area contributed by atoms with Crippen LogP contribution in [0.25, 0.3) is 0 Å². The predicted octanol–water partition coefficient (Wildman–Crippen LogP) is 5.10. The fourth-order valence-electron chi connectivity index (χ4n) is 2.90. The molecule has 1 aliphatic carbocycles. The van der Waals surface area contributed by atoms with Crippen LogP contribution in [0.4, 0.5) is 5.69 Å². The molecule has 1 aromatic rings. The fourth-order valence-corrected chi connectivity index (χ4v) is 2.90. The van der Waals surface area contributed by atoms with E-state index in [-0.39, 0.29) is 0 Å². The zero-order valence-corrected chi connectivity index (χ0v) is 13.2. The Bertz CT molecular complexity index is 394. The molecule has 0 atom stereocenters. The molecule has 0 spiro atoms. The van der Waals surface area contributed by atoms with Gasteiger partial charge in [0.25, 0.3) is 0 Å². The highest BCUT2D eigenvalue weighted by Crippen LogP contribution is 2.31. The highest BCUT2D eigenvalue weighted by molar-refractivity contribution is 5.56. The number of hydrogen-bond acceptors (Lipinski definition) is 2. The van der Waals surface area contributed by atoms with Crippen LogP contribution in [0.3, 0.4) is 0 Å². The molecule has 1 saturated carbocycles. The summed E-state index contributed by atoms with van der Waals surface area (Å²) in [6, 6.07) is 8.96. The van der Waals surface area contributed by atoms with E-state index >= 15 is 0 Å². The lowest BCUT2D eigenvalue weighted by atomic mass is 9.84. The van der Waals surface area contributed by atoms with Crippen LogP contribution in [0.2, 0.25) is 0 Å². The lowest BCUT2D eigenvalue weighted by Gasteiger charge is -2.29. The maximum Gasteiger partial charge on any atom is 0.142 e. The van der Waals surface area contributed by atoms with E-state index in [4.69, 9.17) is 4.74 Å². The molecule has 112 valence electrons. The second-order valence-electron chi connectivity index (χ2n) is 6.47. The first kappa shape index (κ1) is 15.2. The van der Waals surface area contributed by atoms with Gasteiger partial charge in [-0.25, -0.2) is 0 Å². The van der Waals surface area contributed by atoms with Gasteiger partial charge in [-0.1, -0.05) is 39.3 Å². The molecule has 0 heterocycles. The molecule has 0 bridgehead atoms. The van der Waals surface area contributed by atoms with Crippen LogP contribution in [0, 0.1) is 11.8 Å². The molecule has 0 aliphatic heterocycles. The molecule has 2 nitrogen and oxygen atoms in total. The van der Waals surface area contributed by atoms with Crippen LogP contribution < -0.4 is 10.1 Å². The van der Waals surface area contributed by atoms with Gasteiger partial charge in [0.1, 0.15) is 5.75 Å². The van der Waals surface area contributed by atoms with Gasteiger partial charge in [-0.2, -0.15) is 0 Å². The Hall–Kier alpha value is -1.18. The largest absolute Gasteiger partial charge is 0.491 e. The van der Waals surface area contributed by atoms with Gasteiger partial charge in [-0.05, 0) is 49.7 Å². The third kappa shape index (κ3) is 4.43. The minimum absolute atomic E-state index is 0.558. The van der Waals surface area contributed by atoms with Crippen LogP contribution in [0.1, 0.15) is 52.9 Å². The molecule has 0 unspecified atom stereocenters. The molecule has 0 amide bonds. The highest BCUT2D eigenvalue weighted by atomic mass is 16.5. The molecule has 1 aromatic carbocycles. The van der Waals surface area contributed by atoms with E-state index in [9.17, 15) is 0 Å². The normalized spacial score (nSPS) is 22.8. The molecule has 0 saturated heterocycles. The Balaban J connectivity index is 1.92. The number of hydrogen-bond donors (Lipinski definition) is 1. The molecule has 0 radical (unpaired) electrons. The smallest absolute Gasteiger partial charge is 0.142 e. The van der Waals surface area contributed by atoms with Gasteiger partial charge >= 0.3 is 0 Å². The first-order chi connectivity index (χ1) is 9.69. The number of anilines is 1. The summed E-state index contributed by atoms with van der Waals surface area (Å²) in [4.78, 5) is 0. The lowest BCUT2D eigenvalue weighted by molar-refractivity contribution is 0.271. The van der Waals surface area contributed by atoms with Crippen LogP contribution >= 0.6 is 0 Å². The van der Waals surface area contributed by atoms with Crippen molar-refractivity contribution < 1.29 is 4.74 Å². The van der Waals surface area contributed by atoms with Gasteiger partial charge < -0.3 is 10.1 Å². The monoisotopic (exact) mass is 275 g/mol. The highest BCUT2D eigenvalue weighted by Gasteiger charge is 2.20. The van der Waals surface area contributed by atoms with E-state index in [1.54, 1.807) is 0 Å². The zero-order chi connectivity index (χ0) is 14.4. The summed E-state index contributed by atoms with van der Waals surface area (Å²) in [7, 11) is 0. The van der Waals surface area contributed by atoms with E-state index < -0.39 is 0 Å². The fraction of sp³-hybridized carbons (Fsp3) is 0.667. The second-order valence-corrected chi connectivity index (χ2v) is 6.47. The minimum atomic E-state index is 0.558. The van der Waals surface area contributed by atoms with Gasteiger partial charge in [0.2, 0.25) is 0 Å². The van der Waals surface area contributed by atoms with Gasteiger partial charge in [0.15, 0.2) is 0 Å². The van der Waals surface area contributed by atoms with Crippen molar-refractivity contribution in [3.8, 4) is 5.75 Å². The Labute approximate surface area is 123 Å². The summed E-state index contributed by atoms with van der Waals surface area (Å²) in [5, 5.41) is 3.69. The van der Waals surface area contributed by atoms with Crippen molar-refractivity contribution in [1.29, 1.82) is 0 Å². The average molecular weight is 275 g/mol. The summed E-state index contributed by atoms with van der Waals surface area (Å²) >= 11 is 0. The Morgan fingerprint density at radius 3 is 2.50 bits per heavy atom. The lowest BCUT2D eigenvalue weighted by Crippen LogP contribution is -2.26. The van der Waals surface area contributed by atoms with Crippen molar-refractivity contribution >= 4 is 5.69 Å². The number of benzene rings is 1. The van der Waals surface area contributed by atoms with Crippen molar-refractivity contribution in [3.05, 3.63) is 24.3 Å². The Kier molecular flexibility index (Phi) is 5.75. The molecule has 0 aromatic heterocycles. The number of para-hydroxylation sites is 2. The van der Waals surface area contributed by atoms with E-state index in [0.29, 0.717) is 12.0 Å². The minimum Gasteiger partial charge on any atom is -0.491 e. The average Bonchev–Trinajstić information content (AvgIpc) is 2.47. The van der Waals surface area contributed by atoms with E-state index in [0.717, 1.165) is 24.0 Å². The quantitative estimate of drug-likeness (QED) is 0.779. The van der Waals surface area contributed by atoms with Crippen LogP contribution in [0.15, 0.2) is 24.3 Å². The van der Waals surface area contributed by atoms with Crippen molar-refractivity contribution in [2.75, 3.05) is 11.9 Å². The zero-order valence-electron chi connectivity index (χ0n) is 13.2. The Morgan fingerprint density at radius 2 is 1.85 bits per heavy atom. The van der Waals surface area contributed by atoms with Crippen LogP contribution in [0.5, 0.6) is 5.75 Å². The van der Waals surface area contributed by atoms with Crippen molar-refractivity contribution in [2.45, 2.75) is 58.9 Å². The van der Waals surface area contributed by atoms with Crippen molar-refractivity contribution in [2.24, 2.45) is 11.8 Å². The molecule has 20 heavy (non-hydrogen) atoms. The topological polar surface area (TPSA) is 21.3 Å². The van der Waals surface area contributed by atoms with E-state index in [1.165, 1.54) is 32.1 Å². The Morgan fingerprint density at radius 1 is 1.15 bits per heavy atom. The number of rotatable bonds is 6. The molecule has 1 N–H and O–H groups in total. The van der Waals surface area contributed by atoms with Crippen LogP contribution in [-0.2, 0) is 0 Å². The van der Waals surface area contributed by atoms with Gasteiger partial charge in [-0.15, -0.1) is 0 Å². The molecule has 1 aliphatic rings. The summed E-state index contributed by atoms with van der Waals surface area (Å²) in [6.45, 7) is 7.46. The number of ether oxygens (including phenoxy) is 1. The van der Waals surface area contributed by atoms with E-state index in [2.05, 4.69) is 50.4 Å². The second kappa shape index (κ2) is 7.56. The molecule has 2 heteroatoms. The van der Waals surface area contributed by atoms with Gasteiger partial charge in [-0.3, -0.25) is 0 Å². The third-order valence-electron chi connectivity index (χ3n) is 4.24. The molecular weight excluding hydrogens is 246 g/mol. The summed E-state index contributed by atoms with van der Waals surface area (Å²) in [5.74, 6) is 2.50. The SMILES string of the molecule is CCC1CCC(Nc2ccccc2OCC(C)C)CC1. The molecule has 2 rings (SSSR count). The van der Waals surface area contributed by atoms with E-state index in [1.807, 2.05) is 0 Å².